The molecule has 4 aromatic rings. The van der Waals surface area contributed by atoms with Crippen LogP contribution in [0.1, 0.15) is 20.7 Å². The van der Waals surface area contributed by atoms with Crippen molar-refractivity contribution in [3.05, 3.63) is 92.9 Å². The summed E-state index contributed by atoms with van der Waals surface area (Å²) in [6, 6.07) is 22.1. The Morgan fingerprint density at radius 2 is 1.03 bits per heavy atom. The minimum atomic E-state index is -0.894. The highest BCUT2D eigenvalue weighted by molar-refractivity contribution is 9.10. The van der Waals surface area contributed by atoms with Crippen LogP contribution in [0.3, 0.4) is 0 Å². The van der Waals surface area contributed by atoms with Crippen LogP contribution < -0.4 is 0 Å². The van der Waals surface area contributed by atoms with Crippen molar-refractivity contribution in [1.82, 2.24) is 0 Å². The summed E-state index contributed by atoms with van der Waals surface area (Å²) in [5.74, 6) is -0.894. The van der Waals surface area contributed by atoms with Crippen LogP contribution in [0, 0.1) is 0 Å². The summed E-state index contributed by atoms with van der Waals surface area (Å²) in [6.07, 6.45) is 0. The molecule has 0 saturated heterocycles. The van der Waals surface area contributed by atoms with Crippen molar-refractivity contribution < 1.29 is 14.7 Å². The molecule has 0 atom stereocenters. The normalized spacial score (nSPS) is 9.97. The summed E-state index contributed by atoms with van der Waals surface area (Å²) >= 11 is 21.7. The van der Waals surface area contributed by atoms with E-state index in [4.69, 9.17) is 39.9 Å². The number of carboxylic acids is 1. The number of benzene rings is 4. The van der Waals surface area contributed by atoms with Crippen LogP contribution in [-0.4, -0.2) is 21.7 Å². The van der Waals surface area contributed by atoms with Gasteiger partial charge >= 0.3 is 5.97 Å². The lowest BCUT2D eigenvalue weighted by atomic mass is 10.1. The van der Waals surface area contributed by atoms with Gasteiger partial charge in [0, 0.05) is 14.5 Å². The van der Waals surface area contributed by atoms with Crippen molar-refractivity contribution in [2.45, 2.75) is 0 Å². The summed E-state index contributed by atoms with van der Waals surface area (Å²) < 4.78 is 2.02. The van der Waals surface area contributed by atoms with Crippen molar-refractivity contribution in [2.24, 2.45) is 0 Å². The van der Waals surface area contributed by atoms with Crippen molar-refractivity contribution in [1.29, 1.82) is 0 Å². The second kappa shape index (κ2) is 12.4. The molecular weight excluding hydrogens is 590 g/mol. The minimum Gasteiger partial charge on any atom is -0.478 e. The van der Waals surface area contributed by atoms with Crippen LogP contribution in [0.5, 0.6) is 0 Å². The van der Waals surface area contributed by atoms with E-state index in [1.54, 1.807) is 24.3 Å². The number of carbonyl (C=O) groups excluding carboxylic acids is 1. The predicted octanol–water partition coefficient (Wildman–Crippen LogP) is 8.70. The Labute approximate surface area is 211 Å². The SMILES string of the molecule is ClCCl.O=C(Cl)c1ccc2cc(Br)ccc2c1.O=C(O)c1ccc2cc(Br)ccc2c1. The van der Waals surface area contributed by atoms with Gasteiger partial charge in [-0.3, -0.25) is 4.79 Å². The number of hydrogen-bond donors (Lipinski definition) is 1. The lowest BCUT2D eigenvalue weighted by molar-refractivity contribution is 0.0697. The van der Waals surface area contributed by atoms with Gasteiger partial charge in [0.15, 0.2) is 0 Å². The van der Waals surface area contributed by atoms with E-state index < -0.39 is 11.2 Å². The molecular formula is C23H15Br2Cl3O3. The number of carboxylic acid groups (broad SMARTS) is 1. The van der Waals surface area contributed by atoms with E-state index in [-0.39, 0.29) is 5.34 Å². The zero-order chi connectivity index (χ0) is 23.0. The fraction of sp³-hybridized carbons (Fsp3) is 0.0435. The van der Waals surface area contributed by atoms with Crippen LogP contribution >= 0.6 is 66.7 Å². The molecule has 0 aliphatic carbocycles. The zero-order valence-electron chi connectivity index (χ0n) is 15.8. The third kappa shape index (κ3) is 7.78. The standard InChI is InChI=1S/C11H6BrClO.C11H7BrO2.CH2Cl2/c2*12-10-4-3-7-5-9(11(13)14)2-1-8(7)6-10;2-1-3/h1-6H;1-6H,(H,13,14);1H2. The molecule has 4 rings (SSSR count). The van der Waals surface area contributed by atoms with E-state index in [1.165, 1.54) is 0 Å². The Balaban J connectivity index is 0.000000196. The summed E-state index contributed by atoms with van der Waals surface area (Å²) in [6.45, 7) is 0. The zero-order valence-corrected chi connectivity index (χ0v) is 21.2. The molecule has 0 radical (unpaired) electrons. The summed E-state index contributed by atoms with van der Waals surface area (Å²) in [5.41, 5.74) is 0.848. The number of aromatic carboxylic acids is 1. The summed E-state index contributed by atoms with van der Waals surface area (Å²) in [4.78, 5) is 21.6. The number of fused-ring (bicyclic) bond motifs is 2. The number of hydrogen-bond acceptors (Lipinski definition) is 2. The minimum absolute atomic E-state index is 0.194. The van der Waals surface area contributed by atoms with Crippen molar-refractivity contribution >= 4 is 99.4 Å². The Morgan fingerprint density at radius 3 is 1.45 bits per heavy atom. The molecule has 8 heteroatoms. The average molecular weight is 606 g/mol. The highest BCUT2D eigenvalue weighted by atomic mass is 79.9. The third-order valence-electron chi connectivity index (χ3n) is 4.08. The summed E-state index contributed by atoms with van der Waals surface area (Å²) in [5, 5.41) is 12.6. The predicted molar refractivity (Wildman–Crippen MR) is 137 cm³/mol. The molecule has 0 amide bonds. The molecule has 0 aliphatic heterocycles. The average Bonchev–Trinajstić information content (AvgIpc) is 2.73. The number of rotatable bonds is 2. The lowest BCUT2D eigenvalue weighted by Gasteiger charge is -2.00. The van der Waals surface area contributed by atoms with Crippen LogP contribution in [0.15, 0.2) is 81.7 Å². The van der Waals surface area contributed by atoms with Gasteiger partial charge in [0.25, 0.3) is 5.24 Å². The van der Waals surface area contributed by atoms with Crippen molar-refractivity contribution in [2.75, 3.05) is 5.34 Å². The van der Waals surface area contributed by atoms with Crippen LogP contribution in [-0.2, 0) is 0 Å². The van der Waals surface area contributed by atoms with Crippen molar-refractivity contribution in [3.63, 3.8) is 0 Å². The van der Waals surface area contributed by atoms with Gasteiger partial charge < -0.3 is 5.11 Å². The molecule has 0 unspecified atom stereocenters. The highest BCUT2D eigenvalue weighted by Crippen LogP contribution is 2.22. The third-order valence-corrected chi connectivity index (χ3v) is 5.28. The van der Waals surface area contributed by atoms with Crippen LogP contribution in [0.4, 0.5) is 0 Å². The maximum atomic E-state index is 10.9. The molecule has 160 valence electrons. The van der Waals surface area contributed by atoms with E-state index in [0.717, 1.165) is 30.5 Å². The highest BCUT2D eigenvalue weighted by Gasteiger charge is 2.03. The second-order valence-electron chi connectivity index (χ2n) is 6.09. The first-order valence-electron chi connectivity index (χ1n) is 8.69. The van der Waals surface area contributed by atoms with E-state index in [1.807, 2.05) is 48.5 Å². The first-order chi connectivity index (χ1) is 14.7. The smallest absolute Gasteiger partial charge is 0.335 e. The molecule has 0 fully saturated rings. The molecule has 3 nitrogen and oxygen atoms in total. The Kier molecular flexibility index (Phi) is 10.3. The van der Waals surface area contributed by atoms with Gasteiger partial charge in [-0.25, -0.2) is 4.79 Å². The fourth-order valence-electron chi connectivity index (χ4n) is 2.69. The first-order valence-corrected chi connectivity index (χ1v) is 11.7. The fourth-order valence-corrected chi connectivity index (χ4v) is 3.56. The maximum Gasteiger partial charge on any atom is 0.335 e. The first kappa shape index (κ1) is 25.6. The Morgan fingerprint density at radius 1 is 0.677 bits per heavy atom. The number of carbonyl (C=O) groups is 2. The van der Waals surface area contributed by atoms with E-state index in [2.05, 4.69) is 31.9 Å². The topological polar surface area (TPSA) is 54.4 Å². The van der Waals surface area contributed by atoms with Gasteiger partial charge in [0.1, 0.15) is 0 Å². The quantitative estimate of drug-likeness (QED) is 0.184. The lowest BCUT2D eigenvalue weighted by Crippen LogP contribution is -1.94. The monoisotopic (exact) mass is 602 g/mol. The van der Waals surface area contributed by atoms with Gasteiger partial charge in [-0.1, -0.05) is 56.1 Å². The molecule has 0 spiro atoms. The van der Waals surface area contributed by atoms with E-state index in [0.29, 0.717) is 11.1 Å². The van der Waals surface area contributed by atoms with Gasteiger partial charge in [0.05, 0.1) is 10.9 Å². The van der Waals surface area contributed by atoms with Crippen molar-refractivity contribution in [3.8, 4) is 0 Å². The summed E-state index contributed by atoms with van der Waals surface area (Å²) in [7, 11) is 0. The number of alkyl halides is 2. The molecule has 1 N–H and O–H groups in total. The van der Waals surface area contributed by atoms with Gasteiger partial charge in [-0.2, -0.15) is 0 Å². The maximum absolute atomic E-state index is 10.9. The molecule has 0 heterocycles. The largest absolute Gasteiger partial charge is 0.478 e. The Bertz CT molecular complexity index is 1130. The number of halogens is 5. The molecule has 0 aliphatic rings. The second-order valence-corrected chi connectivity index (χ2v) is 9.08. The van der Waals surface area contributed by atoms with E-state index in [9.17, 15) is 9.59 Å². The molecule has 0 bridgehead atoms. The van der Waals surface area contributed by atoms with Gasteiger partial charge in [-0.15, -0.1) is 23.2 Å². The molecule has 0 aromatic heterocycles. The van der Waals surface area contributed by atoms with Gasteiger partial charge in [-0.05, 0) is 81.7 Å². The van der Waals surface area contributed by atoms with Crippen LogP contribution in [0.2, 0.25) is 0 Å². The molecule has 31 heavy (non-hydrogen) atoms. The molecule has 4 aromatic carbocycles. The molecule has 0 saturated carbocycles. The Hall–Kier alpha value is -1.63. The van der Waals surface area contributed by atoms with Crippen LogP contribution in [0.25, 0.3) is 21.5 Å². The van der Waals surface area contributed by atoms with Gasteiger partial charge in [0.2, 0.25) is 0 Å². The van der Waals surface area contributed by atoms with E-state index >= 15 is 0 Å².